The van der Waals surface area contributed by atoms with Gasteiger partial charge in [0.05, 0.1) is 6.42 Å². The van der Waals surface area contributed by atoms with Gasteiger partial charge in [-0.25, -0.2) is 0 Å². The summed E-state index contributed by atoms with van der Waals surface area (Å²) in [6, 6.07) is 11.6. The van der Waals surface area contributed by atoms with E-state index in [1.807, 2.05) is 48.2 Å². The first-order valence-electron chi connectivity index (χ1n) is 9.29. The van der Waals surface area contributed by atoms with Gasteiger partial charge in [-0.05, 0) is 43.9 Å². The zero-order valence-corrected chi connectivity index (χ0v) is 15.3. The maximum Gasteiger partial charge on any atom is 0.247 e. The van der Waals surface area contributed by atoms with Gasteiger partial charge in [0.15, 0.2) is 0 Å². The number of hydrogen-bond acceptors (Lipinski definition) is 5. The summed E-state index contributed by atoms with van der Waals surface area (Å²) in [5.41, 5.74) is 3.05. The van der Waals surface area contributed by atoms with E-state index < -0.39 is 0 Å². The molecule has 3 heterocycles. The maximum atomic E-state index is 12.9. The molecule has 6 nitrogen and oxygen atoms in total. The van der Waals surface area contributed by atoms with E-state index in [9.17, 15) is 4.79 Å². The number of likely N-dealkylation sites (tertiary alicyclic amines) is 1. The Hall–Kier alpha value is -3.02. The predicted molar refractivity (Wildman–Crippen MR) is 101 cm³/mol. The molecule has 4 rings (SSSR count). The fraction of sp³-hybridized carbons (Fsp3) is 0.333. The normalized spacial score (nSPS) is 17.1. The molecule has 0 aliphatic carbocycles. The van der Waals surface area contributed by atoms with Crippen molar-refractivity contribution in [2.45, 2.75) is 38.6 Å². The highest BCUT2D eigenvalue weighted by Crippen LogP contribution is 2.32. The summed E-state index contributed by atoms with van der Waals surface area (Å²) in [5.74, 6) is 1.08. The number of rotatable bonds is 4. The van der Waals surface area contributed by atoms with Crippen molar-refractivity contribution in [2.75, 3.05) is 6.54 Å². The van der Waals surface area contributed by atoms with Gasteiger partial charge in [0.1, 0.15) is 6.04 Å². The van der Waals surface area contributed by atoms with E-state index in [0.717, 1.165) is 36.9 Å². The number of aromatic nitrogens is 3. The van der Waals surface area contributed by atoms with E-state index in [4.69, 9.17) is 4.42 Å². The molecule has 0 spiro atoms. The molecule has 3 aromatic rings. The minimum Gasteiger partial charge on any atom is -0.418 e. The summed E-state index contributed by atoms with van der Waals surface area (Å²) in [4.78, 5) is 18.8. The molecule has 27 heavy (non-hydrogen) atoms. The molecule has 1 atom stereocenters. The summed E-state index contributed by atoms with van der Waals surface area (Å²) in [5, 5.41) is 8.40. The fourth-order valence-corrected chi connectivity index (χ4v) is 3.45. The molecule has 1 aliphatic rings. The van der Waals surface area contributed by atoms with Gasteiger partial charge in [0.25, 0.3) is 0 Å². The Morgan fingerprint density at radius 2 is 1.89 bits per heavy atom. The SMILES string of the molecule is Cc1ccc(CC(=O)N2CCCCC2c2nnc(-c3ccncc3)o2)cc1. The van der Waals surface area contributed by atoms with Gasteiger partial charge in [-0.2, -0.15) is 0 Å². The van der Waals surface area contributed by atoms with Crippen LogP contribution in [-0.4, -0.2) is 32.5 Å². The van der Waals surface area contributed by atoms with Gasteiger partial charge < -0.3 is 9.32 Å². The molecular weight excluding hydrogens is 340 g/mol. The monoisotopic (exact) mass is 362 g/mol. The van der Waals surface area contributed by atoms with Gasteiger partial charge in [-0.1, -0.05) is 29.8 Å². The van der Waals surface area contributed by atoms with E-state index >= 15 is 0 Å². The Balaban J connectivity index is 1.53. The zero-order valence-electron chi connectivity index (χ0n) is 15.3. The van der Waals surface area contributed by atoms with Crippen LogP contribution in [0.5, 0.6) is 0 Å². The van der Waals surface area contributed by atoms with Crippen LogP contribution in [-0.2, 0) is 11.2 Å². The third-order valence-electron chi connectivity index (χ3n) is 4.95. The molecule has 6 heteroatoms. The summed E-state index contributed by atoms with van der Waals surface area (Å²) in [6.45, 7) is 2.77. The van der Waals surface area contributed by atoms with Crippen molar-refractivity contribution < 1.29 is 9.21 Å². The number of amides is 1. The molecule has 0 radical (unpaired) electrons. The van der Waals surface area contributed by atoms with Crippen molar-refractivity contribution >= 4 is 5.91 Å². The quantitative estimate of drug-likeness (QED) is 0.707. The maximum absolute atomic E-state index is 12.9. The number of carbonyl (C=O) groups is 1. The Labute approximate surface area is 158 Å². The number of pyridine rings is 1. The smallest absolute Gasteiger partial charge is 0.247 e. The Morgan fingerprint density at radius 3 is 2.67 bits per heavy atom. The van der Waals surface area contributed by atoms with Crippen LogP contribution in [0.15, 0.2) is 53.2 Å². The summed E-state index contributed by atoms with van der Waals surface area (Å²) in [6.07, 6.45) is 6.67. The van der Waals surface area contributed by atoms with Crippen LogP contribution >= 0.6 is 0 Å². The van der Waals surface area contributed by atoms with Crippen LogP contribution in [0.4, 0.5) is 0 Å². The molecule has 0 bridgehead atoms. The zero-order chi connectivity index (χ0) is 18.6. The highest BCUT2D eigenvalue weighted by Gasteiger charge is 2.32. The van der Waals surface area contributed by atoms with Crippen molar-refractivity contribution in [1.82, 2.24) is 20.1 Å². The lowest BCUT2D eigenvalue weighted by Crippen LogP contribution is -2.39. The Bertz CT molecular complexity index is 905. The number of benzene rings is 1. The molecule has 1 unspecified atom stereocenters. The fourth-order valence-electron chi connectivity index (χ4n) is 3.45. The lowest BCUT2D eigenvalue weighted by molar-refractivity contribution is -0.134. The minimum absolute atomic E-state index is 0.104. The Morgan fingerprint density at radius 1 is 1.11 bits per heavy atom. The number of nitrogens with zero attached hydrogens (tertiary/aromatic N) is 4. The molecule has 1 aromatic carbocycles. The summed E-state index contributed by atoms with van der Waals surface area (Å²) >= 11 is 0. The molecule has 1 aliphatic heterocycles. The third kappa shape index (κ3) is 3.89. The van der Waals surface area contributed by atoms with E-state index in [1.165, 1.54) is 5.56 Å². The molecule has 0 N–H and O–H groups in total. The molecule has 1 amide bonds. The van der Waals surface area contributed by atoms with Gasteiger partial charge in [0.2, 0.25) is 17.7 Å². The van der Waals surface area contributed by atoms with Gasteiger partial charge in [-0.3, -0.25) is 9.78 Å². The van der Waals surface area contributed by atoms with Crippen LogP contribution in [0.1, 0.15) is 42.3 Å². The van der Waals surface area contributed by atoms with E-state index in [-0.39, 0.29) is 11.9 Å². The first kappa shape index (κ1) is 17.4. The average Bonchev–Trinajstić information content (AvgIpc) is 3.20. The van der Waals surface area contributed by atoms with Gasteiger partial charge >= 0.3 is 0 Å². The standard InChI is InChI=1S/C21H22N4O2/c1-15-5-7-16(8-6-15)14-19(26)25-13-3-2-4-18(25)21-24-23-20(27-21)17-9-11-22-12-10-17/h5-12,18H,2-4,13-14H2,1H3. The Kier molecular flexibility index (Phi) is 4.96. The van der Waals surface area contributed by atoms with Crippen LogP contribution in [0, 0.1) is 6.92 Å². The first-order chi connectivity index (χ1) is 13.2. The van der Waals surface area contributed by atoms with Gasteiger partial charge in [0, 0.05) is 24.5 Å². The third-order valence-corrected chi connectivity index (χ3v) is 4.95. The number of carbonyl (C=O) groups excluding carboxylic acids is 1. The molecule has 1 fully saturated rings. The molecule has 1 saturated heterocycles. The first-order valence-corrected chi connectivity index (χ1v) is 9.29. The van der Waals surface area contributed by atoms with Crippen LogP contribution in [0.25, 0.3) is 11.5 Å². The lowest BCUT2D eigenvalue weighted by atomic mass is 10.0. The van der Waals surface area contributed by atoms with Crippen molar-refractivity contribution in [3.05, 3.63) is 65.8 Å². The summed E-state index contributed by atoms with van der Waals surface area (Å²) < 4.78 is 5.91. The number of aryl methyl sites for hydroxylation is 1. The predicted octanol–water partition coefficient (Wildman–Crippen LogP) is 3.74. The van der Waals surface area contributed by atoms with Crippen molar-refractivity contribution in [3.8, 4) is 11.5 Å². The highest BCUT2D eigenvalue weighted by atomic mass is 16.4. The molecule has 2 aromatic heterocycles. The van der Waals surface area contributed by atoms with Crippen LogP contribution in [0.2, 0.25) is 0 Å². The van der Waals surface area contributed by atoms with Crippen molar-refractivity contribution in [1.29, 1.82) is 0 Å². The van der Waals surface area contributed by atoms with E-state index in [0.29, 0.717) is 18.2 Å². The van der Waals surface area contributed by atoms with E-state index in [2.05, 4.69) is 15.2 Å². The molecular formula is C21H22N4O2. The summed E-state index contributed by atoms with van der Waals surface area (Å²) in [7, 11) is 0. The second-order valence-corrected chi connectivity index (χ2v) is 6.94. The van der Waals surface area contributed by atoms with Crippen LogP contribution < -0.4 is 0 Å². The second kappa shape index (κ2) is 7.70. The highest BCUT2D eigenvalue weighted by molar-refractivity contribution is 5.79. The largest absolute Gasteiger partial charge is 0.418 e. The topological polar surface area (TPSA) is 72.1 Å². The van der Waals surface area contributed by atoms with Crippen molar-refractivity contribution in [2.24, 2.45) is 0 Å². The second-order valence-electron chi connectivity index (χ2n) is 6.94. The molecule has 138 valence electrons. The van der Waals surface area contributed by atoms with E-state index in [1.54, 1.807) is 12.4 Å². The molecule has 0 saturated carbocycles. The number of hydrogen-bond donors (Lipinski definition) is 0. The average molecular weight is 362 g/mol. The number of piperidine rings is 1. The van der Waals surface area contributed by atoms with Crippen molar-refractivity contribution in [3.63, 3.8) is 0 Å². The van der Waals surface area contributed by atoms with Crippen LogP contribution in [0.3, 0.4) is 0 Å². The minimum atomic E-state index is -0.153. The van der Waals surface area contributed by atoms with Gasteiger partial charge in [-0.15, -0.1) is 10.2 Å². The lowest BCUT2D eigenvalue weighted by Gasteiger charge is -2.33.